The average Bonchev–Trinajstić information content (AvgIpc) is 2.94. The Morgan fingerprint density at radius 1 is 1.33 bits per heavy atom. The normalized spacial score (nSPS) is 10.2. The summed E-state index contributed by atoms with van der Waals surface area (Å²) in [7, 11) is 1.32. The van der Waals surface area contributed by atoms with Crippen LogP contribution in [0.3, 0.4) is 0 Å². The maximum atomic E-state index is 11.5. The molecule has 0 radical (unpaired) electrons. The molecule has 0 atom stereocenters. The Hall–Kier alpha value is -2.05. The van der Waals surface area contributed by atoms with Gasteiger partial charge in [-0.15, -0.1) is 11.3 Å². The molecule has 0 spiro atoms. The molecular formula is C14H13ClN2O3S. The number of carbonyl (C=O) groups excluding carboxylic acids is 2. The largest absolute Gasteiger partial charge is 0.465 e. The number of anilines is 1. The lowest BCUT2D eigenvalue weighted by Gasteiger charge is -2.09. The van der Waals surface area contributed by atoms with Crippen LogP contribution in [-0.4, -0.2) is 19.0 Å². The lowest BCUT2D eigenvalue weighted by atomic mass is 10.2. The van der Waals surface area contributed by atoms with Crippen molar-refractivity contribution in [1.82, 2.24) is 0 Å². The molecule has 0 saturated heterocycles. The Morgan fingerprint density at radius 2 is 2.10 bits per heavy atom. The number of nitrogens with two attached hydrogens (primary N) is 1. The number of benzene rings is 1. The highest BCUT2D eigenvalue weighted by molar-refractivity contribution is 7.10. The Morgan fingerprint density at radius 3 is 2.71 bits per heavy atom. The number of rotatable bonds is 5. The predicted molar refractivity (Wildman–Crippen MR) is 83.0 cm³/mol. The molecule has 0 aliphatic heterocycles. The lowest BCUT2D eigenvalue weighted by Crippen LogP contribution is -2.09. The fourth-order valence-electron chi connectivity index (χ4n) is 1.69. The fraction of sp³-hybridized carbons (Fsp3) is 0.143. The van der Waals surface area contributed by atoms with Gasteiger partial charge >= 0.3 is 5.97 Å². The second-order valence-electron chi connectivity index (χ2n) is 4.21. The van der Waals surface area contributed by atoms with Crippen molar-refractivity contribution in [1.29, 1.82) is 0 Å². The summed E-state index contributed by atoms with van der Waals surface area (Å²) in [6.45, 7) is 0.474. The first-order chi connectivity index (χ1) is 10.0. The first-order valence-corrected chi connectivity index (χ1v) is 7.26. The molecule has 5 nitrogen and oxygen atoms in total. The summed E-state index contributed by atoms with van der Waals surface area (Å²) in [4.78, 5) is 23.5. The molecule has 0 fully saturated rings. The first-order valence-electron chi connectivity index (χ1n) is 6.00. The van der Waals surface area contributed by atoms with Gasteiger partial charge in [0.15, 0.2) is 0 Å². The van der Waals surface area contributed by atoms with Gasteiger partial charge in [-0.1, -0.05) is 11.6 Å². The molecule has 0 saturated carbocycles. The van der Waals surface area contributed by atoms with Crippen molar-refractivity contribution in [2.45, 2.75) is 6.54 Å². The molecule has 1 aromatic heterocycles. The number of esters is 1. The van der Waals surface area contributed by atoms with Crippen LogP contribution in [0, 0.1) is 0 Å². The van der Waals surface area contributed by atoms with E-state index in [-0.39, 0.29) is 0 Å². The third-order valence-electron chi connectivity index (χ3n) is 2.78. The van der Waals surface area contributed by atoms with Crippen LogP contribution < -0.4 is 11.1 Å². The minimum Gasteiger partial charge on any atom is -0.465 e. The van der Waals surface area contributed by atoms with Gasteiger partial charge in [0.05, 0.1) is 28.9 Å². The number of halogens is 1. The molecule has 1 heterocycles. The zero-order chi connectivity index (χ0) is 15.4. The van der Waals surface area contributed by atoms with Crippen LogP contribution in [0.15, 0.2) is 29.6 Å². The summed E-state index contributed by atoms with van der Waals surface area (Å²) < 4.78 is 4.66. The summed E-state index contributed by atoms with van der Waals surface area (Å²) in [5.41, 5.74) is 6.71. The Labute approximate surface area is 130 Å². The predicted octanol–water partition coefficient (Wildman–Crippen LogP) is 2.90. The maximum absolute atomic E-state index is 11.5. The Balaban J connectivity index is 2.11. The molecule has 2 aromatic rings. The van der Waals surface area contributed by atoms with E-state index in [1.54, 1.807) is 29.6 Å². The van der Waals surface area contributed by atoms with E-state index in [9.17, 15) is 9.59 Å². The van der Waals surface area contributed by atoms with Gasteiger partial charge in [-0.05, 0) is 24.3 Å². The van der Waals surface area contributed by atoms with Gasteiger partial charge in [-0.2, -0.15) is 0 Å². The molecule has 0 bridgehead atoms. The number of amides is 1. The monoisotopic (exact) mass is 324 g/mol. The van der Waals surface area contributed by atoms with Crippen LogP contribution in [0.2, 0.25) is 5.02 Å². The standard InChI is InChI=1S/C14H13ClN2O3S/c1-20-14(19)8-2-3-11(15)12(5-8)17-6-10-4-9(7-21-10)13(16)18/h2-5,7,17H,6H2,1H3,(H2,16,18). The van der Waals surface area contributed by atoms with Crippen LogP contribution >= 0.6 is 22.9 Å². The minimum atomic E-state index is -0.455. The van der Waals surface area contributed by atoms with E-state index in [4.69, 9.17) is 17.3 Å². The van der Waals surface area contributed by atoms with Crippen LogP contribution in [0.25, 0.3) is 0 Å². The average molecular weight is 325 g/mol. The molecule has 0 aliphatic rings. The van der Waals surface area contributed by atoms with E-state index >= 15 is 0 Å². The van der Waals surface area contributed by atoms with E-state index in [1.165, 1.54) is 18.4 Å². The van der Waals surface area contributed by atoms with Crippen molar-refractivity contribution >= 4 is 40.5 Å². The zero-order valence-electron chi connectivity index (χ0n) is 11.2. The van der Waals surface area contributed by atoms with Crippen molar-refractivity contribution in [2.24, 2.45) is 5.73 Å². The van der Waals surface area contributed by atoms with Crippen LogP contribution in [0.4, 0.5) is 5.69 Å². The fourth-order valence-corrected chi connectivity index (χ4v) is 2.69. The number of hydrogen-bond donors (Lipinski definition) is 2. The number of carbonyl (C=O) groups is 2. The number of ether oxygens (including phenoxy) is 1. The van der Waals surface area contributed by atoms with Crippen molar-refractivity contribution in [3.05, 3.63) is 50.7 Å². The second-order valence-corrected chi connectivity index (χ2v) is 5.61. The van der Waals surface area contributed by atoms with E-state index < -0.39 is 11.9 Å². The number of primary amides is 1. The number of methoxy groups -OCH3 is 1. The Kier molecular flexibility index (Phi) is 4.82. The van der Waals surface area contributed by atoms with Gasteiger partial charge in [0.1, 0.15) is 0 Å². The highest BCUT2D eigenvalue weighted by atomic mass is 35.5. The molecular weight excluding hydrogens is 312 g/mol. The van der Waals surface area contributed by atoms with Crippen molar-refractivity contribution < 1.29 is 14.3 Å². The highest BCUT2D eigenvalue weighted by Gasteiger charge is 2.10. The van der Waals surface area contributed by atoms with Gasteiger partial charge < -0.3 is 15.8 Å². The highest BCUT2D eigenvalue weighted by Crippen LogP contribution is 2.25. The van der Waals surface area contributed by atoms with E-state index in [2.05, 4.69) is 10.1 Å². The van der Waals surface area contributed by atoms with Gasteiger partial charge in [0.2, 0.25) is 5.91 Å². The number of hydrogen-bond acceptors (Lipinski definition) is 5. The number of nitrogens with one attached hydrogen (secondary N) is 1. The summed E-state index contributed by atoms with van der Waals surface area (Å²) in [5.74, 6) is -0.884. The van der Waals surface area contributed by atoms with Gasteiger partial charge in [-0.25, -0.2) is 4.79 Å². The van der Waals surface area contributed by atoms with Crippen LogP contribution in [0.5, 0.6) is 0 Å². The topological polar surface area (TPSA) is 81.4 Å². The quantitative estimate of drug-likeness (QED) is 0.829. The lowest BCUT2D eigenvalue weighted by molar-refractivity contribution is 0.0600. The van der Waals surface area contributed by atoms with Gasteiger partial charge in [-0.3, -0.25) is 4.79 Å². The second kappa shape index (κ2) is 6.60. The summed E-state index contributed by atoms with van der Waals surface area (Å²) in [5, 5.41) is 5.31. The molecule has 21 heavy (non-hydrogen) atoms. The SMILES string of the molecule is COC(=O)c1ccc(Cl)c(NCc2cc(C(N)=O)cs2)c1. The first kappa shape index (κ1) is 15.3. The van der Waals surface area contributed by atoms with Crippen molar-refractivity contribution in [3.63, 3.8) is 0 Å². The Bertz CT molecular complexity index is 685. The smallest absolute Gasteiger partial charge is 0.337 e. The van der Waals surface area contributed by atoms with E-state index in [1.807, 2.05) is 0 Å². The summed E-state index contributed by atoms with van der Waals surface area (Å²) >= 11 is 7.50. The van der Waals surface area contributed by atoms with Gasteiger partial charge in [0.25, 0.3) is 0 Å². The maximum Gasteiger partial charge on any atom is 0.337 e. The molecule has 1 aromatic carbocycles. The molecule has 0 aliphatic carbocycles. The molecule has 0 unspecified atom stereocenters. The molecule has 2 rings (SSSR count). The van der Waals surface area contributed by atoms with Crippen LogP contribution in [0.1, 0.15) is 25.6 Å². The summed E-state index contributed by atoms with van der Waals surface area (Å²) in [6, 6.07) is 6.56. The van der Waals surface area contributed by atoms with E-state index in [0.717, 1.165) is 4.88 Å². The summed E-state index contributed by atoms with van der Waals surface area (Å²) in [6.07, 6.45) is 0. The number of thiophene rings is 1. The molecule has 1 amide bonds. The molecule has 3 N–H and O–H groups in total. The third kappa shape index (κ3) is 3.74. The molecule has 7 heteroatoms. The third-order valence-corrected chi connectivity index (χ3v) is 4.05. The van der Waals surface area contributed by atoms with Crippen molar-refractivity contribution in [3.8, 4) is 0 Å². The minimum absolute atomic E-state index is 0.411. The van der Waals surface area contributed by atoms with Crippen LogP contribution in [-0.2, 0) is 11.3 Å². The van der Waals surface area contributed by atoms with Gasteiger partial charge in [0, 0.05) is 16.8 Å². The zero-order valence-corrected chi connectivity index (χ0v) is 12.8. The molecule has 110 valence electrons. The van der Waals surface area contributed by atoms with E-state index in [0.29, 0.717) is 28.4 Å². The van der Waals surface area contributed by atoms with Crippen molar-refractivity contribution in [2.75, 3.05) is 12.4 Å².